The van der Waals surface area contributed by atoms with Crippen LogP contribution in [0.2, 0.25) is 10.0 Å². The van der Waals surface area contributed by atoms with Gasteiger partial charge in [-0.1, -0.05) is 59.2 Å². The first-order chi connectivity index (χ1) is 15.9. The molecule has 0 radical (unpaired) electrons. The molecule has 5 nitrogen and oxygen atoms in total. The molecule has 33 heavy (non-hydrogen) atoms. The number of hydrogen-bond donors (Lipinski definition) is 1. The number of carbonyl (C=O) groups excluding carboxylic acids is 2. The molecule has 1 aliphatic rings. The van der Waals surface area contributed by atoms with Gasteiger partial charge in [0, 0.05) is 11.4 Å². The fourth-order valence-electron chi connectivity index (χ4n) is 3.17. The van der Waals surface area contributed by atoms with Crippen LogP contribution in [0.5, 0.6) is 0 Å². The Morgan fingerprint density at radius 2 is 1.76 bits per heavy atom. The summed E-state index contributed by atoms with van der Waals surface area (Å²) in [6.07, 6.45) is -0.00300. The van der Waals surface area contributed by atoms with Crippen molar-refractivity contribution >= 4 is 63.3 Å². The monoisotopic (exact) mass is 501 g/mol. The number of thioether (sulfide) groups is 1. The van der Waals surface area contributed by atoms with Crippen LogP contribution in [-0.2, 0) is 16.1 Å². The Labute approximate surface area is 204 Å². The van der Waals surface area contributed by atoms with Gasteiger partial charge >= 0.3 is 0 Å². The van der Waals surface area contributed by atoms with Crippen molar-refractivity contribution in [2.24, 2.45) is 4.99 Å². The van der Waals surface area contributed by atoms with E-state index in [0.717, 1.165) is 5.56 Å². The first kappa shape index (κ1) is 23.3. The van der Waals surface area contributed by atoms with E-state index in [1.54, 1.807) is 36.4 Å². The van der Waals surface area contributed by atoms with Gasteiger partial charge in [0.05, 0.1) is 22.9 Å². The maximum absolute atomic E-state index is 13.3. The van der Waals surface area contributed by atoms with E-state index in [9.17, 15) is 14.0 Å². The highest BCUT2D eigenvalue weighted by Crippen LogP contribution is 2.32. The number of rotatable bonds is 5. The molecule has 168 valence electrons. The molecule has 0 spiro atoms. The molecule has 1 heterocycles. The molecule has 0 aromatic heterocycles. The summed E-state index contributed by atoms with van der Waals surface area (Å²) in [6.45, 7) is 0.266. The molecular weight excluding hydrogens is 484 g/mol. The Morgan fingerprint density at radius 3 is 2.45 bits per heavy atom. The number of nitrogens with zero attached hydrogens (tertiary/aromatic N) is 2. The van der Waals surface area contributed by atoms with Crippen LogP contribution in [0.4, 0.5) is 15.8 Å². The summed E-state index contributed by atoms with van der Waals surface area (Å²) in [5, 5.41) is 3.43. The molecule has 2 amide bonds. The average molecular weight is 502 g/mol. The van der Waals surface area contributed by atoms with Crippen LogP contribution in [0.15, 0.2) is 77.8 Å². The molecule has 1 unspecified atom stereocenters. The molecule has 1 saturated heterocycles. The lowest BCUT2D eigenvalue weighted by Crippen LogP contribution is -2.44. The summed E-state index contributed by atoms with van der Waals surface area (Å²) in [4.78, 5) is 32.1. The molecule has 3 aromatic carbocycles. The number of halogens is 3. The third-order valence-electron chi connectivity index (χ3n) is 4.87. The first-order valence-corrected chi connectivity index (χ1v) is 11.6. The Bertz CT molecular complexity index is 1200. The average Bonchev–Trinajstić information content (AvgIpc) is 2.80. The predicted molar refractivity (Wildman–Crippen MR) is 132 cm³/mol. The Morgan fingerprint density at radius 1 is 1.06 bits per heavy atom. The van der Waals surface area contributed by atoms with Crippen LogP contribution < -0.4 is 5.32 Å². The third kappa shape index (κ3) is 5.93. The van der Waals surface area contributed by atoms with Gasteiger partial charge in [-0.2, -0.15) is 0 Å². The van der Waals surface area contributed by atoms with Crippen LogP contribution in [0.1, 0.15) is 12.0 Å². The van der Waals surface area contributed by atoms with Crippen LogP contribution in [0.25, 0.3) is 0 Å². The van der Waals surface area contributed by atoms with E-state index in [0.29, 0.717) is 26.6 Å². The zero-order valence-corrected chi connectivity index (χ0v) is 19.5. The van der Waals surface area contributed by atoms with E-state index in [-0.39, 0.29) is 30.6 Å². The number of anilines is 1. The lowest BCUT2D eigenvalue weighted by atomic mass is 10.2. The summed E-state index contributed by atoms with van der Waals surface area (Å²) in [7, 11) is 0. The molecule has 3 aromatic rings. The SMILES string of the molecule is O=C(Nc1ccccc1Cl)C1CC(=O)N(Cc2ccc(Cl)cc2)C(=Nc2ccc(F)cc2)S1. The van der Waals surface area contributed by atoms with Gasteiger partial charge in [0.15, 0.2) is 5.17 Å². The highest BCUT2D eigenvalue weighted by Gasteiger charge is 2.36. The van der Waals surface area contributed by atoms with Gasteiger partial charge in [-0.25, -0.2) is 9.38 Å². The minimum Gasteiger partial charge on any atom is -0.324 e. The number of hydrogen-bond acceptors (Lipinski definition) is 4. The Balaban J connectivity index is 1.60. The number of benzene rings is 3. The standard InChI is InChI=1S/C24H18Cl2FN3O2S/c25-16-7-5-15(6-8-16)14-30-22(31)13-21(23(32)29-20-4-2-1-3-19(20)26)33-24(30)28-18-11-9-17(27)10-12-18/h1-12,21H,13-14H2,(H,29,32). The highest BCUT2D eigenvalue weighted by atomic mass is 35.5. The summed E-state index contributed by atoms with van der Waals surface area (Å²) in [5.74, 6) is -0.982. The van der Waals surface area contributed by atoms with Crippen molar-refractivity contribution in [3.05, 3.63) is 94.2 Å². The second-order valence-electron chi connectivity index (χ2n) is 7.26. The Kier molecular flexibility index (Phi) is 7.33. The number of amides is 2. The van der Waals surface area contributed by atoms with E-state index in [1.807, 2.05) is 12.1 Å². The van der Waals surface area contributed by atoms with Crippen molar-refractivity contribution in [1.29, 1.82) is 0 Å². The second kappa shape index (κ2) is 10.4. The van der Waals surface area contributed by atoms with Crippen LogP contribution in [-0.4, -0.2) is 27.1 Å². The zero-order chi connectivity index (χ0) is 23.4. The topological polar surface area (TPSA) is 61.8 Å². The van der Waals surface area contributed by atoms with Gasteiger partial charge in [0.25, 0.3) is 0 Å². The molecule has 0 bridgehead atoms. The van der Waals surface area contributed by atoms with E-state index < -0.39 is 5.25 Å². The summed E-state index contributed by atoms with van der Waals surface area (Å²) < 4.78 is 13.3. The number of nitrogens with one attached hydrogen (secondary N) is 1. The molecule has 0 saturated carbocycles. The van der Waals surface area contributed by atoms with Crippen molar-refractivity contribution in [2.75, 3.05) is 5.32 Å². The molecule has 0 aliphatic carbocycles. The van der Waals surface area contributed by atoms with E-state index >= 15 is 0 Å². The minimum absolute atomic E-state index is 0.00300. The molecule has 9 heteroatoms. The third-order valence-corrected chi connectivity index (χ3v) is 6.64. The number of para-hydroxylation sites is 1. The van der Waals surface area contributed by atoms with Gasteiger partial charge in [-0.3, -0.25) is 14.5 Å². The van der Waals surface area contributed by atoms with Crippen LogP contribution in [0, 0.1) is 5.82 Å². The van der Waals surface area contributed by atoms with Crippen LogP contribution >= 0.6 is 35.0 Å². The number of aliphatic imine (C=N–C) groups is 1. The lowest BCUT2D eigenvalue weighted by Gasteiger charge is -2.32. The van der Waals surface area contributed by atoms with E-state index in [2.05, 4.69) is 10.3 Å². The summed E-state index contributed by atoms with van der Waals surface area (Å²) in [5.41, 5.74) is 1.80. The van der Waals surface area contributed by atoms with Crippen molar-refractivity contribution < 1.29 is 14.0 Å². The summed E-state index contributed by atoms with van der Waals surface area (Å²) >= 11 is 13.3. The van der Waals surface area contributed by atoms with Gasteiger partial charge in [0.2, 0.25) is 11.8 Å². The normalized spacial score (nSPS) is 17.3. The molecule has 4 rings (SSSR count). The van der Waals surface area contributed by atoms with Crippen LogP contribution in [0.3, 0.4) is 0 Å². The Hall–Kier alpha value is -2.87. The van der Waals surface area contributed by atoms with E-state index in [4.69, 9.17) is 23.2 Å². The lowest BCUT2D eigenvalue weighted by molar-refractivity contribution is -0.129. The fraction of sp³-hybridized carbons (Fsp3) is 0.125. The maximum Gasteiger partial charge on any atom is 0.238 e. The highest BCUT2D eigenvalue weighted by molar-refractivity contribution is 8.15. The largest absolute Gasteiger partial charge is 0.324 e. The first-order valence-electron chi connectivity index (χ1n) is 10.00. The maximum atomic E-state index is 13.3. The predicted octanol–water partition coefficient (Wildman–Crippen LogP) is 6.29. The van der Waals surface area contributed by atoms with Gasteiger partial charge in [0.1, 0.15) is 11.1 Å². The van der Waals surface area contributed by atoms with Gasteiger partial charge in [-0.05, 0) is 54.1 Å². The van der Waals surface area contributed by atoms with Gasteiger partial charge < -0.3 is 5.32 Å². The van der Waals surface area contributed by atoms with Crippen molar-refractivity contribution in [1.82, 2.24) is 4.90 Å². The minimum atomic E-state index is -0.700. The zero-order valence-electron chi connectivity index (χ0n) is 17.2. The molecular formula is C24H18Cl2FN3O2S. The molecule has 1 fully saturated rings. The molecule has 1 aliphatic heterocycles. The van der Waals surface area contributed by atoms with E-state index in [1.165, 1.54) is 40.9 Å². The second-order valence-corrected chi connectivity index (χ2v) is 9.27. The van der Waals surface area contributed by atoms with Crippen molar-refractivity contribution in [3.8, 4) is 0 Å². The smallest absolute Gasteiger partial charge is 0.238 e. The molecule has 1 atom stereocenters. The number of amidine groups is 1. The number of carbonyl (C=O) groups is 2. The van der Waals surface area contributed by atoms with Crippen molar-refractivity contribution in [2.45, 2.75) is 18.2 Å². The molecule has 1 N–H and O–H groups in total. The fourth-order valence-corrected chi connectivity index (χ4v) is 4.58. The summed E-state index contributed by atoms with van der Waals surface area (Å²) in [6, 6.07) is 19.6. The quantitative estimate of drug-likeness (QED) is 0.446. The van der Waals surface area contributed by atoms with Crippen molar-refractivity contribution in [3.63, 3.8) is 0 Å². The van der Waals surface area contributed by atoms with Gasteiger partial charge in [-0.15, -0.1) is 0 Å².